The topological polar surface area (TPSA) is 195 Å². The van der Waals surface area contributed by atoms with Gasteiger partial charge in [0.2, 0.25) is 5.82 Å². The number of nitrogens with two attached hydrogens (primary N) is 1. The van der Waals surface area contributed by atoms with Crippen molar-refractivity contribution in [3.63, 3.8) is 0 Å². The van der Waals surface area contributed by atoms with Gasteiger partial charge in [0.05, 0.1) is 18.4 Å². The van der Waals surface area contributed by atoms with E-state index in [1.165, 1.54) is 19.2 Å². The average Bonchev–Trinajstić information content (AvgIpc) is 3.54. The number of methoxy groups -OCH3 is 1. The Labute approximate surface area is 228 Å². The van der Waals surface area contributed by atoms with Crippen molar-refractivity contribution in [2.75, 3.05) is 30.0 Å². The molecule has 2 aromatic carbocycles. The van der Waals surface area contributed by atoms with Crippen molar-refractivity contribution in [2.45, 2.75) is 12.8 Å². The second-order valence-corrected chi connectivity index (χ2v) is 9.03. The second-order valence-electron chi connectivity index (χ2n) is 8.03. The number of ether oxygens (including phenoxy) is 1. The van der Waals surface area contributed by atoms with Crippen LogP contribution >= 0.6 is 11.3 Å². The number of thiazole rings is 1. The number of carbonyl (C=O) groups excluding carboxylic acids is 2. The number of hydrogen-bond acceptors (Lipinski definition) is 10. The van der Waals surface area contributed by atoms with Gasteiger partial charge in [-0.3, -0.25) is 14.9 Å². The van der Waals surface area contributed by atoms with Crippen LogP contribution in [0.2, 0.25) is 0 Å². The maximum atomic E-state index is 14.7. The quantitative estimate of drug-likeness (QED) is 0.173. The fraction of sp³-hybridized carbons (Fsp3) is 0.167. The summed E-state index contributed by atoms with van der Waals surface area (Å²) in [7, 11) is 1.43. The van der Waals surface area contributed by atoms with E-state index in [-0.39, 0.29) is 63.7 Å². The minimum atomic E-state index is -1.02. The van der Waals surface area contributed by atoms with E-state index in [0.717, 1.165) is 17.4 Å². The number of carbonyl (C=O) groups is 3. The standard InChI is InChI=1S/C24H21F2N7O6S/c1-38-12-5-2-4-11(8-12)21(36)29-16-9-13(14(25)10-15(16)26)20-31-22(39-33-20)18-19(27)30-24(40-18)32-23(37)28-7-3-6-17(34)35/h2,4-5,8-10H,3,6-7,27H2,1H3,(H,29,36)(H,34,35)(H2,28,30,32,37). The van der Waals surface area contributed by atoms with Gasteiger partial charge in [-0.05, 0) is 30.7 Å². The molecule has 2 aromatic heterocycles. The molecule has 0 saturated heterocycles. The number of benzene rings is 2. The summed E-state index contributed by atoms with van der Waals surface area (Å²) >= 11 is 0.893. The van der Waals surface area contributed by atoms with E-state index in [0.29, 0.717) is 11.8 Å². The largest absolute Gasteiger partial charge is 0.497 e. The van der Waals surface area contributed by atoms with Crippen molar-refractivity contribution >= 4 is 45.9 Å². The number of carboxylic acids is 1. The third-order valence-corrected chi connectivity index (χ3v) is 6.20. The molecule has 0 spiro atoms. The molecule has 0 aliphatic heterocycles. The molecule has 4 rings (SSSR count). The highest BCUT2D eigenvalue weighted by Crippen LogP contribution is 2.35. The summed E-state index contributed by atoms with van der Waals surface area (Å²) in [5.41, 5.74) is 5.51. The number of amides is 3. The fourth-order valence-electron chi connectivity index (χ4n) is 3.32. The SMILES string of the molecule is COc1cccc(C(=O)Nc2cc(-c3noc(-c4sc(NC(=O)NCCCC(=O)O)nc4N)n3)c(F)cc2F)c1. The van der Waals surface area contributed by atoms with Crippen molar-refractivity contribution in [3.05, 3.63) is 53.6 Å². The van der Waals surface area contributed by atoms with Crippen LogP contribution in [-0.4, -0.2) is 51.8 Å². The van der Waals surface area contributed by atoms with Crippen molar-refractivity contribution in [2.24, 2.45) is 0 Å². The Bertz CT molecular complexity index is 1580. The minimum Gasteiger partial charge on any atom is -0.497 e. The Kier molecular flexibility index (Phi) is 8.48. The summed E-state index contributed by atoms with van der Waals surface area (Å²) < 4.78 is 39.4. The average molecular weight is 574 g/mol. The number of aliphatic carboxylic acids is 1. The molecule has 0 aliphatic carbocycles. The number of carboxylic acid groups (broad SMARTS) is 1. The Balaban J connectivity index is 1.49. The van der Waals surface area contributed by atoms with Crippen LogP contribution < -0.4 is 26.4 Å². The Morgan fingerprint density at radius 3 is 2.67 bits per heavy atom. The lowest BCUT2D eigenvalue weighted by molar-refractivity contribution is -0.137. The van der Waals surface area contributed by atoms with E-state index in [4.69, 9.17) is 20.1 Å². The molecule has 2 heterocycles. The number of nitrogens with one attached hydrogen (secondary N) is 3. The number of nitrogens with zero attached hydrogens (tertiary/aromatic N) is 3. The number of urea groups is 1. The molecule has 4 aromatic rings. The Morgan fingerprint density at radius 1 is 1.12 bits per heavy atom. The second kappa shape index (κ2) is 12.2. The van der Waals surface area contributed by atoms with Gasteiger partial charge in [-0.1, -0.05) is 22.6 Å². The minimum absolute atomic E-state index is 0.0628. The highest BCUT2D eigenvalue weighted by atomic mass is 32.1. The fourth-order valence-corrected chi connectivity index (χ4v) is 4.12. The first-order chi connectivity index (χ1) is 19.1. The van der Waals surface area contributed by atoms with Crippen LogP contribution in [-0.2, 0) is 4.79 Å². The number of anilines is 3. The molecule has 0 fully saturated rings. The summed E-state index contributed by atoms with van der Waals surface area (Å²) in [4.78, 5) is 43.4. The summed E-state index contributed by atoms with van der Waals surface area (Å²) in [5, 5.41) is 19.8. The summed E-state index contributed by atoms with van der Waals surface area (Å²) in [6.07, 6.45) is 0.143. The van der Waals surface area contributed by atoms with Crippen LogP contribution in [0, 0.1) is 11.6 Å². The zero-order valence-electron chi connectivity index (χ0n) is 20.7. The normalized spacial score (nSPS) is 10.7. The van der Waals surface area contributed by atoms with Crippen LogP contribution in [0.25, 0.3) is 22.2 Å². The third kappa shape index (κ3) is 6.65. The van der Waals surface area contributed by atoms with E-state index in [9.17, 15) is 23.2 Å². The summed E-state index contributed by atoms with van der Waals surface area (Å²) in [6, 6.07) is 7.14. The van der Waals surface area contributed by atoms with Gasteiger partial charge in [-0.2, -0.15) is 4.98 Å². The molecular formula is C24H21F2N7O6S. The summed E-state index contributed by atoms with van der Waals surface area (Å²) in [5.74, 6) is -3.72. The lowest BCUT2D eigenvalue weighted by Crippen LogP contribution is -2.29. The molecule has 3 amide bonds. The van der Waals surface area contributed by atoms with Gasteiger partial charge in [-0.25, -0.2) is 18.6 Å². The molecule has 0 bridgehead atoms. The Morgan fingerprint density at radius 2 is 1.93 bits per heavy atom. The van der Waals surface area contributed by atoms with Crippen LogP contribution in [0.15, 0.2) is 40.9 Å². The number of rotatable bonds is 10. The van der Waals surface area contributed by atoms with E-state index in [1.54, 1.807) is 12.1 Å². The van der Waals surface area contributed by atoms with Crippen molar-refractivity contribution in [3.8, 4) is 27.9 Å². The zero-order chi connectivity index (χ0) is 28.8. The highest BCUT2D eigenvalue weighted by molar-refractivity contribution is 7.19. The smallest absolute Gasteiger partial charge is 0.321 e. The van der Waals surface area contributed by atoms with Crippen LogP contribution in [0.3, 0.4) is 0 Å². The van der Waals surface area contributed by atoms with E-state index in [2.05, 4.69) is 31.1 Å². The van der Waals surface area contributed by atoms with Gasteiger partial charge < -0.3 is 30.7 Å². The van der Waals surface area contributed by atoms with Crippen molar-refractivity contribution < 1.29 is 37.5 Å². The molecule has 0 unspecified atom stereocenters. The number of hydrogen-bond donors (Lipinski definition) is 5. The number of aromatic nitrogens is 3. The highest BCUT2D eigenvalue weighted by Gasteiger charge is 2.22. The molecule has 0 atom stereocenters. The zero-order valence-corrected chi connectivity index (χ0v) is 21.5. The lowest BCUT2D eigenvalue weighted by Gasteiger charge is -2.09. The summed E-state index contributed by atoms with van der Waals surface area (Å²) in [6.45, 7) is 0.129. The van der Waals surface area contributed by atoms with Gasteiger partial charge in [0.25, 0.3) is 11.8 Å². The maximum absolute atomic E-state index is 14.7. The third-order valence-electron chi connectivity index (χ3n) is 5.22. The first-order valence-electron chi connectivity index (χ1n) is 11.5. The first kappa shape index (κ1) is 27.9. The Hall–Kier alpha value is -5.12. The molecule has 0 aliphatic rings. The number of halogens is 2. The predicted molar refractivity (Wildman–Crippen MR) is 140 cm³/mol. The number of nitrogen functional groups attached to an aromatic ring is 1. The van der Waals surface area contributed by atoms with Crippen molar-refractivity contribution in [1.82, 2.24) is 20.4 Å². The molecule has 16 heteroatoms. The van der Waals surface area contributed by atoms with Gasteiger partial charge in [-0.15, -0.1) is 0 Å². The van der Waals surface area contributed by atoms with E-state index in [1.807, 2.05) is 0 Å². The maximum Gasteiger partial charge on any atom is 0.321 e. The molecule has 6 N–H and O–H groups in total. The molecule has 0 saturated carbocycles. The molecule has 13 nitrogen and oxygen atoms in total. The van der Waals surface area contributed by atoms with Crippen molar-refractivity contribution in [1.29, 1.82) is 0 Å². The molecule has 40 heavy (non-hydrogen) atoms. The monoisotopic (exact) mass is 573 g/mol. The van der Waals surface area contributed by atoms with Crippen LogP contribution in [0.4, 0.5) is 30.2 Å². The molecular weight excluding hydrogens is 552 g/mol. The van der Waals surface area contributed by atoms with E-state index >= 15 is 0 Å². The van der Waals surface area contributed by atoms with E-state index < -0.39 is 29.5 Å². The molecule has 0 radical (unpaired) electrons. The van der Waals surface area contributed by atoms with Gasteiger partial charge in [0, 0.05) is 24.6 Å². The van der Waals surface area contributed by atoms with Crippen LogP contribution in [0.5, 0.6) is 5.75 Å². The van der Waals surface area contributed by atoms with Gasteiger partial charge >= 0.3 is 12.0 Å². The lowest BCUT2D eigenvalue weighted by atomic mass is 10.1. The van der Waals surface area contributed by atoms with Gasteiger partial charge in [0.15, 0.2) is 5.13 Å². The van der Waals surface area contributed by atoms with Crippen LogP contribution in [0.1, 0.15) is 23.2 Å². The first-order valence-corrected chi connectivity index (χ1v) is 12.3. The molecule has 208 valence electrons. The predicted octanol–water partition coefficient (Wildman–Crippen LogP) is 3.97. The van der Waals surface area contributed by atoms with Gasteiger partial charge in [0.1, 0.15) is 28.1 Å².